The second-order valence-electron chi connectivity index (χ2n) is 5.59. The highest BCUT2D eigenvalue weighted by molar-refractivity contribution is 7.91. The highest BCUT2D eigenvalue weighted by Crippen LogP contribution is 2.13. The molecular weight excluding hydrogens is 256 g/mol. The zero-order valence-corrected chi connectivity index (χ0v) is 12.2. The Kier molecular flexibility index (Phi) is 4.61. The van der Waals surface area contributed by atoms with Crippen LogP contribution in [0.3, 0.4) is 0 Å². The van der Waals surface area contributed by atoms with E-state index in [1.807, 2.05) is 20.8 Å². The summed E-state index contributed by atoms with van der Waals surface area (Å²) in [7, 11) is -2.61. The first kappa shape index (κ1) is 15.2. The van der Waals surface area contributed by atoms with Crippen molar-refractivity contribution in [2.45, 2.75) is 32.5 Å². The summed E-state index contributed by atoms with van der Waals surface area (Å²) in [6.45, 7) is 6.62. The summed E-state index contributed by atoms with van der Waals surface area (Å²) in [6.07, 6.45) is 0.646. The van der Waals surface area contributed by atoms with E-state index in [0.717, 1.165) is 0 Å². The lowest BCUT2D eigenvalue weighted by atomic mass is 10.2. The second kappa shape index (κ2) is 5.44. The summed E-state index contributed by atoms with van der Waals surface area (Å²) in [4.78, 5) is 13.4. The van der Waals surface area contributed by atoms with Crippen molar-refractivity contribution >= 4 is 15.8 Å². The summed E-state index contributed by atoms with van der Waals surface area (Å²) >= 11 is 0. The zero-order chi connectivity index (χ0) is 14.0. The molecule has 0 aliphatic carbocycles. The SMILES string of the molecule is CC(C)(C)OC(=O)N1CCOC(CS(C)(=N)=O)C1. The van der Waals surface area contributed by atoms with Crippen LogP contribution < -0.4 is 0 Å². The van der Waals surface area contributed by atoms with Gasteiger partial charge in [0.2, 0.25) is 0 Å². The van der Waals surface area contributed by atoms with Crippen LogP contribution in [0.2, 0.25) is 0 Å². The first-order valence-corrected chi connectivity index (χ1v) is 8.01. The largest absolute Gasteiger partial charge is 0.444 e. The van der Waals surface area contributed by atoms with Crippen LogP contribution in [0.15, 0.2) is 0 Å². The molecule has 0 aromatic rings. The fourth-order valence-electron chi connectivity index (χ4n) is 1.67. The number of nitrogens with one attached hydrogen (secondary N) is 1. The molecule has 6 nitrogen and oxygen atoms in total. The molecule has 2 atom stereocenters. The summed E-state index contributed by atoms with van der Waals surface area (Å²) in [5.41, 5.74) is -0.529. The van der Waals surface area contributed by atoms with Crippen LogP contribution in [0.5, 0.6) is 0 Å². The summed E-state index contributed by atoms with van der Waals surface area (Å²) < 4.78 is 29.5. The van der Waals surface area contributed by atoms with Crippen LogP contribution in [0, 0.1) is 4.78 Å². The van der Waals surface area contributed by atoms with E-state index >= 15 is 0 Å². The van der Waals surface area contributed by atoms with Gasteiger partial charge in [-0.05, 0) is 20.8 Å². The predicted octanol–water partition coefficient (Wildman–Crippen LogP) is 1.30. The topological polar surface area (TPSA) is 79.7 Å². The van der Waals surface area contributed by atoms with E-state index < -0.39 is 15.3 Å². The Morgan fingerprint density at radius 2 is 2.17 bits per heavy atom. The van der Waals surface area contributed by atoms with Gasteiger partial charge in [0.1, 0.15) is 5.60 Å². The molecule has 0 saturated carbocycles. The van der Waals surface area contributed by atoms with Gasteiger partial charge in [-0.15, -0.1) is 0 Å². The monoisotopic (exact) mass is 278 g/mol. The number of nitrogens with zero attached hydrogens (tertiary/aromatic N) is 1. The van der Waals surface area contributed by atoms with E-state index in [4.69, 9.17) is 14.3 Å². The first-order valence-electron chi connectivity index (χ1n) is 5.88. The van der Waals surface area contributed by atoms with Gasteiger partial charge in [0.15, 0.2) is 0 Å². The van der Waals surface area contributed by atoms with E-state index in [1.165, 1.54) is 6.26 Å². The van der Waals surface area contributed by atoms with Crippen molar-refractivity contribution in [3.8, 4) is 0 Å². The number of carbonyl (C=O) groups excluding carboxylic acids is 1. The summed E-state index contributed by atoms with van der Waals surface area (Å²) in [6, 6.07) is 0. The van der Waals surface area contributed by atoms with Gasteiger partial charge in [-0.25, -0.2) is 4.79 Å². The van der Waals surface area contributed by atoms with E-state index in [2.05, 4.69) is 0 Å². The lowest BCUT2D eigenvalue weighted by Crippen LogP contribution is -2.49. The molecule has 1 aliphatic heterocycles. The number of carbonyl (C=O) groups is 1. The van der Waals surface area contributed by atoms with Gasteiger partial charge in [0.25, 0.3) is 0 Å². The van der Waals surface area contributed by atoms with Gasteiger partial charge in [-0.2, -0.15) is 0 Å². The Labute approximate surface area is 109 Å². The molecule has 18 heavy (non-hydrogen) atoms. The summed E-state index contributed by atoms with van der Waals surface area (Å²) in [5, 5.41) is 0. The van der Waals surface area contributed by atoms with Crippen molar-refractivity contribution in [2.24, 2.45) is 0 Å². The van der Waals surface area contributed by atoms with Crippen molar-refractivity contribution in [3.63, 3.8) is 0 Å². The Morgan fingerprint density at radius 3 is 2.67 bits per heavy atom. The normalized spacial score (nSPS) is 24.4. The van der Waals surface area contributed by atoms with Gasteiger partial charge in [-0.1, -0.05) is 0 Å². The number of morpholine rings is 1. The van der Waals surface area contributed by atoms with Crippen molar-refractivity contribution < 1.29 is 18.5 Å². The van der Waals surface area contributed by atoms with Crippen molar-refractivity contribution in [3.05, 3.63) is 0 Å². The van der Waals surface area contributed by atoms with Gasteiger partial charge in [-0.3, -0.25) is 8.99 Å². The molecule has 1 amide bonds. The minimum atomic E-state index is -2.61. The first-order chi connectivity index (χ1) is 8.07. The third kappa shape index (κ3) is 5.68. The van der Waals surface area contributed by atoms with Crippen LogP contribution in [-0.2, 0) is 19.2 Å². The van der Waals surface area contributed by atoms with Crippen molar-refractivity contribution in [1.29, 1.82) is 4.78 Å². The Hall–Kier alpha value is -0.820. The van der Waals surface area contributed by atoms with Crippen LogP contribution in [0.1, 0.15) is 20.8 Å². The lowest BCUT2D eigenvalue weighted by Gasteiger charge is -2.34. The van der Waals surface area contributed by atoms with Crippen molar-refractivity contribution in [2.75, 3.05) is 31.7 Å². The fraction of sp³-hybridized carbons (Fsp3) is 0.909. The molecule has 1 fully saturated rings. The fourth-order valence-corrected chi connectivity index (χ4v) is 2.58. The summed E-state index contributed by atoms with van der Waals surface area (Å²) in [5.74, 6) is 0.145. The van der Waals surface area contributed by atoms with Gasteiger partial charge in [0, 0.05) is 22.5 Å². The number of amides is 1. The molecule has 1 rings (SSSR count). The van der Waals surface area contributed by atoms with Crippen LogP contribution in [-0.4, -0.2) is 58.6 Å². The molecule has 0 bridgehead atoms. The maximum atomic E-state index is 11.9. The number of ether oxygens (including phenoxy) is 2. The maximum absolute atomic E-state index is 11.9. The molecule has 0 spiro atoms. The molecule has 0 radical (unpaired) electrons. The minimum absolute atomic E-state index is 0.145. The predicted molar refractivity (Wildman–Crippen MR) is 69.2 cm³/mol. The minimum Gasteiger partial charge on any atom is -0.444 e. The maximum Gasteiger partial charge on any atom is 0.410 e. The molecule has 1 N–H and O–H groups in total. The van der Waals surface area contributed by atoms with Gasteiger partial charge in [0.05, 0.1) is 25.0 Å². The standard InChI is InChI=1S/C11H22N2O4S/c1-11(2,3)17-10(14)13-5-6-16-9(7-13)8-18(4,12)15/h9,12H,5-8H2,1-4H3. The van der Waals surface area contributed by atoms with Crippen molar-refractivity contribution in [1.82, 2.24) is 4.90 Å². The molecule has 0 aromatic carbocycles. The number of rotatable bonds is 2. The highest BCUT2D eigenvalue weighted by Gasteiger charge is 2.29. The highest BCUT2D eigenvalue weighted by atomic mass is 32.2. The number of hydrogen-bond acceptors (Lipinski definition) is 5. The molecule has 0 aromatic heterocycles. The molecule has 2 unspecified atom stereocenters. The van der Waals surface area contributed by atoms with E-state index in [0.29, 0.717) is 19.7 Å². The van der Waals surface area contributed by atoms with Crippen LogP contribution in [0.25, 0.3) is 0 Å². The lowest BCUT2D eigenvalue weighted by molar-refractivity contribution is -0.0341. The average molecular weight is 278 g/mol. The third-order valence-corrected chi connectivity index (χ3v) is 3.30. The van der Waals surface area contributed by atoms with Crippen LogP contribution >= 0.6 is 0 Å². The third-order valence-electron chi connectivity index (χ3n) is 2.29. The molecule has 7 heteroatoms. The average Bonchev–Trinajstić information content (AvgIpc) is 2.12. The van der Waals surface area contributed by atoms with E-state index in [9.17, 15) is 9.00 Å². The molecule has 1 aliphatic rings. The Bertz CT molecular complexity index is 400. The van der Waals surface area contributed by atoms with Gasteiger partial charge >= 0.3 is 6.09 Å². The Balaban J connectivity index is 2.56. The van der Waals surface area contributed by atoms with E-state index in [-0.39, 0.29) is 18.0 Å². The molecule has 1 heterocycles. The van der Waals surface area contributed by atoms with E-state index in [1.54, 1.807) is 4.90 Å². The van der Waals surface area contributed by atoms with Gasteiger partial charge < -0.3 is 14.4 Å². The quantitative estimate of drug-likeness (QED) is 0.825. The number of hydrogen-bond donors (Lipinski definition) is 1. The molecular formula is C11H22N2O4S. The molecule has 106 valence electrons. The zero-order valence-electron chi connectivity index (χ0n) is 11.4. The second-order valence-corrected chi connectivity index (χ2v) is 7.93. The van der Waals surface area contributed by atoms with Crippen LogP contribution in [0.4, 0.5) is 4.79 Å². The smallest absolute Gasteiger partial charge is 0.410 e. The molecule has 1 saturated heterocycles. The Morgan fingerprint density at radius 1 is 1.56 bits per heavy atom.